The molecule has 1 aliphatic heterocycles. The smallest absolute Gasteiger partial charge is 0.313 e. The molecule has 0 saturated carbocycles. The van der Waals surface area contributed by atoms with Crippen molar-refractivity contribution < 1.29 is 14.4 Å². The van der Waals surface area contributed by atoms with Gasteiger partial charge < -0.3 is 15.1 Å². The van der Waals surface area contributed by atoms with E-state index in [4.69, 9.17) is 11.6 Å². The lowest BCUT2D eigenvalue weighted by atomic mass is 9.96. The summed E-state index contributed by atoms with van der Waals surface area (Å²) in [6.07, 6.45) is 3.62. The van der Waals surface area contributed by atoms with Crippen LogP contribution < -0.4 is 10.2 Å². The Labute approximate surface area is 186 Å². The molecule has 1 atom stereocenters. The number of hydrogen-bond donors (Lipinski definition) is 1. The molecule has 2 aromatic carbocycles. The summed E-state index contributed by atoms with van der Waals surface area (Å²) in [5.41, 5.74) is 4.41. The van der Waals surface area contributed by atoms with E-state index in [0.29, 0.717) is 31.7 Å². The lowest BCUT2D eigenvalue weighted by Crippen LogP contribution is -2.55. The Balaban J connectivity index is 1.39. The molecule has 0 spiro atoms. The number of amides is 2. The minimum atomic E-state index is -0.654. The molecule has 7 heteroatoms. The average Bonchev–Trinajstić information content (AvgIpc) is 2.75. The van der Waals surface area contributed by atoms with Gasteiger partial charge in [0.05, 0.1) is 0 Å². The Morgan fingerprint density at radius 1 is 1.10 bits per heavy atom. The number of fused-ring (bicyclic) bond motifs is 1. The molecular formula is C24H24ClN3O3. The number of rotatable bonds is 2. The van der Waals surface area contributed by atoms with Crippen LogP contribution in [-0.2, 0) is 20.8 Å². The van der Waals surface area contributed by atoms with Crippen molar-refractivity contribution >= 4 is 46.6 Å². The van der Waals surface area contributed by atoms with Crippen LogP contribution in [0.2, 0.25) is 5.02 Å². The number of nitrogens with one attached hydrogen (secondary N) is 1. The van der Waals surface area contributed by atoms with Crippen molar-refractivity contribution in [1.29, 1.82) is 0 Å². The number of carbonyl (C=O) groups is 3. The van der Waals surface area contributed by atoms with Crippen LogP contribution in [0.4, 0.5) is 11.4 Å². The number of ketones is 1. The summed E-state index contributed by atoms with van der Waals surface area (Å²) in [5, 5.41) is 3.42. The molecule has 31 heavy (non-hydrogen) atoms. The molecule has 0 unspecified atom stereocenters. The predicted octanol–water partition coefficient (Wildman–Crippen LogP) is 3.46. The molecule has 2 aliphatic rings. The normalized spacial score (nSPS) is 18.0. The molecule has 1 aliphatic carbocycles. The van der Waals surface area contributed by atoms with Crippen molar-refractivity contribution in [3.05, 3.63) is 64.2 Å². The summed E-state index contributed by atoms with van der Waals surface area (Å²) in [4.78, 5) is 40.6. The Morgan fingerprint density at radius 2 is 1.90 bits per heavy atom. The van der Waals surface area contributed by atoms with Gasteiger partial charge in [-0.25, -0.2) is 0 Å². The zero-order valence-electron chi connectivity index (χ0n) is 17.5. The SMILES string of the molecule is Cc1cc(N2CCN(C(=O)C(=O)Nc3ccc4c(c3)C=CC(=O)C4)C[C@H]2C)ccc1Cl. The Kier molecular flexibility index (Phi) is 5.83. The number of carbonyl (C=O) groups excluding carboxylic acids is 3. The van der Waals surface area contributed by atoms with Crippen LogP contribution in [0.25, 0.3) is 6.08 Å². The fourth-order valence-electron chi connectivity index (χ4n) is 4.08. The molecule has 0 bridgehead atoms. The quantitative estimate of drug-likeness (QED) is 0.730. The first kappa shape index (κ1) is 21.1. The van der Waals surface area contributed by atoms with E-state index in [9.17, 15) is 14.4 Å². The highest BCUT2D eigenvalue weighted by atomic mass is 35.5. The van der Waals surface area contributed by atoms with Gasteiger partial charge in [-0.3, -0.25) is 14.4 Å². The third kappa shape index (κ3) is 4.49. The highest BCUT2D eigenvalue weighted by molar-refractivity contribution is 6.39. The summed E-state index contributed by atoms with van der Waals surface area (Å²) in [6, 6.07) is 11.3. The maximum Gasteiger partial charge on any atom is 0.313 e. The Bertz CT molecular complexity index is 1100. The number of allylic oxidation sites excluding steroid dienone is 1. The molecule has 6 nitrogen and oxygen atoms in total. The van der Waals surface area contributed by atoms with Gasteiger partial charge in [0, 0.05) is 48.5 Å². The molecule has 1 fully saturated rings. The van der Waals surface area contributed by atoms with Crippen LogP contribution >= 0.6 is 11.6 Å². The number of halogens is 1. The van der Waals surface area contributed by atoms with Crippen molar-refractivity contribution in [1.82, 2.24) is 4.90 Å². The molecular weight excluding hydrogens is 414 g/mol. The van der Waals surface area contributed by atoms with E-state index in [1.165, 1.54) is 6.08 Å². The Morgan fingerprint density at radius 3 is 2.65 bits per heavy atom. The third-order valence-electron chi connectivity index (χ3n) is 5.80. The van der Waals surface area contributed by atoms with Crippen LogP contribution in [0.5, 0.6) is 0 Å². The van der Waals surface area contributed by atoms with Gasteiger partial charge in [0.25, 0.3) is 0 Å². The van der Waals surface area contributed by atoms with Crippen LogP contribution in [-0.4, -0.2) is 48.2 Å². The summed E-state index contributed by atoms with van der Waals surface area (Å²) in [7, 11) is 0. The van der Waals surface area contributed by atoms with Crippen molar-refractivity contribution in [2.75, 3.05) is 29.9 Å². The number of piperazine rings is 1. The lowest BCUT2D eigenvalue weighted by molar-refractivity contribution is -0.143. The van der Waals surface area contributed by atoms with Gasteiger partial charge in [-0.1, -0.05) is 23.7 Å². The van der Waals surface area contributed by atoms with Crippen LogP contribution in [0.15, 0.2) is 42.5 Å². The molecule has 1 heterocycles. The summed E-state index contributed by atoms with van der Waals surface area (Å²) >= 11 is 6.13. The van der Waals surface area contributed by atoms with E-state index >= 15 is 0 Å². The standard InChI is InChI=1S/C24H24ClN3O3/c1-15-11-20(6-8-22(15)25)28-10-9-27(14-16(28)2)24(31)23(30)26-19-5-3-18-13-21(29)7-4-17(18)12-19/h3-8,11-12,16H,9-10,13-14H2,1-2H3,(H,26,30)/t16-/m1/s1. The second-order valence-electron chi connectivity index (χ2n) is 8.07. The predicted molar refractivity (Wildman–Crippen MR) is 122 cm³/mol. The Hall–Kier alpha value is -3.12. The molecule has 0 aromatic heterocycles. The fourth-order valence-corrected chi connectivity index (χ4v) is 4.20. The summed E-state index contributed by atoms with van der Waals surface area (Å²) in [5.74, 6) is -1.14. The minimum absolute atomic E-state index is 0.0569. The van der Waals surface area contributed by atoms with Gasteiger partial charge in [-0.05, 0) is 66.9 Å². The number of aryl methyl sites for hydroxylation is 1. The van der Waals surface area contributed by atoms with Gasteiger partial charge in [-0.15, -0.1) is 0 Å². The van der Waals surface area contributed by atoms with Crippen LogP contribution in [0, 0.1) is 6.92 Å². The first-order chi connectivity index (χ1) is 14.8. The number of anilines is 2. The van der Waals surface area contributed by atoms with Gasteiger partial charge >= 0.3 is 11.8 Å². The van der Waals surface area contributed by atoms with Gasteiger partial charge in [0.15, 0.2) is 5.78 Å². The fraction of sp³-hybridized carbons (Fsp3) is 0.292. The van der Waals surface area contributed by atoms with Gasteiger partial charge in [0.2, 0.25) is 0 Å². The third-order valence-corrected chi connectivity index (χ3v) is 6.22. The van der Waals surface area contributed by atoms with Gasteiger partial charge in [-0.2, -0.15) is 0 Å². The topological polar surface area (TPSA) is 69.7 Å². The molecule has 0 radical (unpaired) electrons. The number of benzene rings is 2. The second kappa shape index (κ2) is 8.55. The van der Waals surface area contributed by atoms with Crippen molar-refractivity contribution in [2.24, 2.45) is 0 Å². The molecule has 160 valence electrons. The summed E-state index contributed by atoms with van der Waals surface area (Å²) in [6.45, 7) is 5.57. The maximum absolute atomic E-state index is 12.7. The van der Waals surface area contributed by atoms with E-state index in [-0.39, 0.29) is 11.8 Å². The van der Waals surface area contributed by atoms with E-state index in [2.05, 4.69) is 10.2 Å². The zero-order valence-corrected chi connectivity index (χ0v) is 18.3. The largest absolute Gasteiger partial charge is 0.365 e. The number of nitrogens with zero attached hydrogens (tertiary/aromatic N) is 2. The molecule has 2 aromatic rings. The maximum atomic E-state index is 12.7. The van der Waals surface area contributed by atoms with E-state index in [1.807, 2.05) is 38.1 Å². The zero-order chi connectivity index (χ0) is 22.1. The van der Waals surface area contributed by atoms with E-state index in [1.54, 1.807) is 23.1 Å². The van der Waals surface area contributed by atoms with E-state index < -0.39 is 11.8 Å². The van der Waals surface area contributed by atoms with Crippen molar-refractivity contribution in [3.63, 3.8) is 0 Å². The van der Waals surface area contributed by atoms with Crippen LogP contribution in [0.1, 0.15) is 23.6 Å². The molecule has 2 amide bonds. The highest BCUT2D eigenvalue weighted by Crippen LogP contribution is 2.26. The lowest BCUT2D eigenvalue weighted by Gasteiger charge is -2.41. The molecule has 4 rings (SSSR count). The van der Waals surface area contributed by atoms with E-state index in [0.717, 1.165) is 27.4 Å². The van der Waals surface area contributed by atoms with Gasteiger partial charge in [0.1, 0.15) is 0 Å². The van der Waals surface area contributed by atoms with Crippen molar-refractivity contribution in [2.45, 2.75) is 26.3 Å². The first-order valence-electron chi connectivity index (χ1n) is 10.3. The summed E-state index contributed by atoms with van der Waals surface area (Å²) < 4.78 is 0. The first-order valence-corrected chi connectivity index (χ1v) is 10.7. The average molecular weight is 438 g/mol. The second-order valence-corrected chi connectivity index (χ2v) is 8.48. The highest BCUT2D eigenvalue weighted by Gasteiger charge is 2.30. The molecule has 1 N–H and O–H groups in total. The minimum Gasteiger partial charge on any atom is -0.365 e. The van der Waals surface area contributed by atoms with Crippen molar-refractivity contribution in [3.8, 4) is 0 Å². The van der Waals surface area contributed by atoms with Crippen LogP contribution in [0.3, 0.4) is 0 Å². The number of hydrogen-bond acceptors (Lipinski definition) is 4. The monoisotopic (exact) mass is 437 g/mol. The molecule has 1 saturated heterocycles.